The maximum Gasteiger partial charge on any atom is 0.251 e. The van der Waals surface area contributed by atoms with Crippen LogP contribution in [0, 0.1) is 6.92 Å². The Morgan fingerprint density at radius 2 is 1.83 bits per heavy atom. The van der Waals surface area contributed by atoms with Gasteiger partial charge in [0.1, 0.15) is 5.52 Å². The molecule has 0 spiro atoms. The Morgan fingerprint density at radius 1 is 1.04 bits per heavy atom. The third kappa shape index (κ3) is 2.42. The lowest BCUT2D eigenvalue weighted by molar-refractivity contribution is 0.527. The van der Waals surface area contributed by atoms with Crippen molar-refractivity contribution in [2.45, 2.75) is 19.8 Å². The van der Waals surface area contributed by atoms with Gasteiger partial charge in [0, 0.05) is 22.9 Å². The van der Waals surface area contributed by atoms with Gasteiger partial charge < -0.3 is 9.40 Å². The van der Waals surface area contributed by atoms with E-state index in [2.05, 4.69) is 9.97 Å². The second-order valence-electron chi connectivity index (χ2n) is 5.68. The molecular weight excluding hydrogens is 288 g/mol. The third-order valence-corrected chi connectivity index (χ3v) is 4.23. The fourth-order valence-corrected chi connectivity index (χ4v) is 3.01. The minimum atomic E-state index is -0.0303. The van der Waals surface area contributed by atoms with Gasteiger partial charge in [-0.2, -0.15) is 0 Å². The smallest absolute Gasteiger partial charge is 0.251 e. The van der Waals surface area contributed by atoms with E-state index in [0.717, 1.165) is 33.1 Å². The lowest BCUT2D eigenvalue weighted by atomic mass is 10.0. The molecule has 0 saturated heterocycles. The number of nitrogens with one attached hydrogen (secondary N) is 1. The van der Waals surface area contributed by atoms with Gasteiger partial charge >= 0.3 is 0 Å². The van der Waals surface area contributed by atoms with E-state index in [9.17, 15) is 4.79 Å². The Morgan fingerprint density at radius 3 is 2.70 bits per heavy atom. The van der Waals surface area contributed by atoms with Crippen LogP contribution in [0.4, 0.5) is 0 Å². The number of oxazole rings is 1. The number of benzene rings is 2. The second kappa shape index (κ2) is 5.39. The first-order chi connectivity index (χ1) is 11.2. The summed E-state index contributed by atoms with van der Waals surface area (Å²) in [5.74, 6) is 0.665. The first-order valence-electron chi connectivity index (χ1n) is 7.67. The molecule has 2 aromatic heterocycles. The van der Waals surface area contributed by atoms with E-state index in [1.165, 1.54) is 0 Å². The van der Waals surface area contributed by atoms with Crippen molar-refractivity contribution in [3.05, 3.63) is 75.9 Å². The number of fused-ring (bicyclic) bond motifs is 2. The fraction of sp³-hybridized carbons (Fsp3) is 0.158. The number of rotatable bonds is 3. The van der Waals surface area contributed by atoms with Gasteiger partial charge in [-0.15, -0.1) is 0 Å². The molecule has 4 heteroatoms. The Hall–Kier alpha value is -2.88. The van der Waals surface area contributed by atoms with Crippen molar-refractivity contribution in [3.63, 3.8) is 0 Å². The molecule has 0 aliphatic carbocycles. The van der Waals surface area contributed by atoms with E-state index >= 15 is 0 Å². The molecular formula is C19H16N2O2. The van der Waals surface area contributed by atoms with Crippen LogP contribution in [0.5, 0.6) is 0 Å². The molecule has 0 aliphatic rings. The summed E-state index contributed by atoms with van der Waals surface area (Å²) in [5, 5.41) is 1.08. The number of para-hydroxylation sites is 3. The summed E-state index contributed by atoms with van der Waals surface area (Å²) in [7, 11) is 0. The Labute approximate surface area is 132 Å². The van der Waals surface area contributed by atoms with Crippen LogP contribution in [0.3, 0.4) is 0 Å². The van der Waals surface area contributed by atoms with Crippen molar-refractivity contribution in [1.82, 2.24) is 9.97 Å². The van der Waals surface area contributed by atoms with Gasteiger partial charge in [0.05, 0.1) is 0 Å². The average molecular weight is 304 g/mol. The van der Waals surface area contributed by atoms with Crippen LogP contribution in [0.25, 0.3) is 22.0 Å². The number of aryl methyl sites for hydroxylation is 2. The Bertz CT molecular complexity index is 1030. The molecule has 0 unspecified atom stereocenters. The van der Waals surface area contributed by atoms with Gasteiger partial charge in [-0.1, -0.05) is 30.3 Å². The summed E-state index contributed by atoms with van der Waals surface area (Å²) < 4.78 is 5.73. The van der Waals surface area contributed by atoms with Crippen molar-refractivity contribution in [1.29, 1.82) is 0 Å². The van der Waals surface area contributed by atoms with Gasteiger partial charge in [-0.25, -0.2) is 4.98 Å². The largest absolute Gasteiger partial charge is 0.441 e. The molecule has 4 aromatic rings. The first-order valence-corrected chi connectivity index (χ1v) is 7.67. The van der Waals surface area contributed by atoms with Crippen molar-refractivity contribution in [2.75, 3.05) is 0 Å². The fourth-order valence-electron chi connectivity index (χ4n) is 3.01. The normalized spacial score (nSPS) is 11.3. The van der Waals surface area contributed by atoms with Crippen molar-refractivity contribution in [3.8, 4) is 0 Å². The van der Waals surface area contributed by atoms with E-state index in [1.807, 2.05) is 55.5 Å². The van der Waals surface area contributed by atoms with Gasteiger partial charge in [-0.3, -0.25) is 4.79 Å². The zero-order valence-electron chi connectivity index (χ0n) is 12.8. The van der Waals surface area contributed by atoms with Crippen LogP contribution in [0.2, 0.25) is 0 Å². The summed E-state index contributed by atoms with van der Waals surface area (Å²) in [5.41, 5.74) is 4.31. The predicted octanol–water partition coefficient (Wildman–Crippen LogP) is 3.76. The summed E-state index contributed by atoms with van der Waals surface area (Å²) in [6, 6.07) is 15.6. The van der Waals surface area contributed by atoms with Gasteiger partial charge in [-0.05, 0) is 37.1 Å². The van der Waals surface area contributed by atoms with Gasteiger partial charge in [0.15, 0.2) is 11.5 Å². The van der Waals surface area contributed by atoms with E-state index < -0.39 is 0 Å². The highest BCUT2D eigenvalue weighted by atomic mass is 16.3. The molecule has 23 heavy (non-hydrogen) atoms. The van der Waals surface area contributed by atoms with Crippen LogP contribution in [0.1, 0.15) is 17.0 Å². The molecule has 0 saturated carbocycles. The minimum absolute atomic E-state index is 0.0303. The highest BCUT2D eigenvalue weighted by molar-refractivity contribution is 5.82. The van der Waals surface area contributed by atoms with Crippen LogP contribution < -0.4 is 5.56 Å². The van der Waals surface area contributed by atoms with Crippen LogP contribution in [-0.4, -0.2) is 9.97 Å². The van der Waals surface area contributed by atoms with E-state index in [4.69, 9.17) is 4.42 Å². The SMILES string of the molecule is Cc1c(CCc2nc3ccccc3o2)c(=O)[nH]c2ccccc12. The Balaban J connectivity index is 1.68. The molecule has 0 radical (unpaired) electrons. The quantitative estimate of drug-likeness (QED) is 0.627. The third-order valence-electron chi connectivity index (χ3n) is 4.23. The van der Waals surface area contributed by atoms with Crippen LogP contribution in [0.15, 0.2) is 57.7 Å². The molecule has 0 amide bonds. The summed E-state index contributed by atoms with van der Waals surface area (Å²) in [6.45, 7) is 2.00. The molecule has 1 N–H and O–H groups in total. The van der Waals surface area contributed by atoms with E-state index in [1.54, 1.807) is 0 Å². The van der Waals surface area contributed by atoms with Crippen LogP contribution >= 0.6 is 0 Å². The standard InChI is InChI=1S/C19H16N2O2/c1-12-13-6-2-3-7-15(13)21-19(22)14(12)10-11-18-20-16-8-4-5-9-17(16)23-18/h2-9H,10-11H2,1H3,(H,21,22). The van der Waals surface area contributed by atoms with E-state index in [-0.39, 0.29) is 5.56 Å². The summed E-state index contributed by atoms with van der Waals surface area (Å²) >= 11 is 0. The zero-order valence-corrected chi connectivity index (χ0v) is 12.8. The highest BCUT2D eigenvalue weighted by Gasteiger charge is 2.11. The molecule has 2 heterocycles. The average Bonchev–Trinajstić information content (AvgIpc) is 2.97. The molecule has 0 atom stereocenters. The van der Waals surface area contributed by atoms with Crippen LogP contribution in [-0.2, 0) is 12.8 Å². The number of hydrogen-bond acceptors (Lipinski definition) is 3. The number of nitrogens with zero attached hydrogens (tertiary/aromatic N) is 1. The molecule has 2 aromatic carbocycles. The number of H-pyrrole nitrogens is 1. The molecule has 4 rings (SSSR count). The van der Waals surface area contributed by atoms with Gasteiger partial charge in [0.2, 0.25) is 0 Å². The topological polar surface area (TPSA) is 58.9 Å². The van der Waals surface area contributed by atoms with Crippen molar-refractivity contribution < 1.29 is 4.42 Å². The lowest BCUT2D eigenvalue weighted by Gasteiger charge is -2.07. The number of pyridine rings is 1. The lowest BCUT2D eigenvalue weighted by Crippen LogP contribution is -2.15. The first kappa shape index (κ1) is 13.8. The molecule has 0 fully saturated rings. The second-order valence-corrected chi connectivity index (χ2v) is 5.68. The van der Waals surface area contributed by atoms with Gasteiger partial charge in [0.25, 0.3) is 5.56 Å². The highest BCUT2D eigenvalue weighted by Crippen LogP contribution is 2.19. The number of aromatic amines is 1. The van der Waals surface area contributed by atoms with Crippen molar-refractivity contribution >= 4 is 22.0 Å². The number of aromatic nitrogens is 2. The molecule has 4 nitrogen and oxygen atoms in total. The number of hydrogen-bond donors (Lipinski definition) is 1. The molecule has 0 bridgehead atoms. The molecule has 114 valence electrons. The minimum Gasteiger partial charge on any atom is -0.441 e. The summed E-state index contributed by atoms with van der Waals surface area (Å²) in [4.78, 5) is 19.8. The summed E-state index contributed by atoms with van der Waals surface area (Å²) in [6.07, 6.45) is 1.22. The predicted molar refractivity (Wildman–Crippen MR) is 90.7 cm³/mol. The Kier molecular flexibility index (Phi) is 3.23. The van der Waals surface area contributed by atoms with E-state index in [0.29, 0.717) is 18.7 Å². The maximum absolute atomic E-state index is 12.3. The van der Waals surface area contributed by atoms with Crippen molar-refractivity contribution in [2.24, 2.45) is 0 Å². The monoisotopic (exact) mass is 304 g/mol. The maximum atomic E-state index is 12.3. The zero-order chi connectivity index (χ0) is 15.8. The molecule has 0 aliphatic heterocycles.